The van der Waals surface area contributed by atoms with E-state index in [-0.39, 0.29) is 22.3 Å². The molecule has 144 valence electrons. The number of hydrogen-bond donors (Lipinski definition) is 3. The first-order chi connectivity index (χ1) is 13.0. The molecule has 0 aromatic carbocycles. The lowest BCUT2D eigenvalue weighted by Gasteiger charge is -2.22. The molecule has 2 aromatic rings. The molecule has 2 heterocycles. The molecule has 3 N–H and O–H groups in total. The lowest BCUT2D eigenvalue weighted by molar-refractivity contribution is 0.0532. The number of nitrogens with one attached hydrogen (secondary N) is 2. The van der Waals surface area contributed by atoms with Gasteiger partial charge in [-0.2, -0.15) is 9.78 Å². The van der Waals surface area contributed by atoms with Crippen LogP contribution in [0.4, 0.5) is 0 Å². The van der Waals surface area contributed by atoms with Crippen molar-refractivity contribution in [3.05, 3.63) is 49.9 Å². The third kappa shape index (κ3) is 4.61. The van der Waals surface area contributed by atoms with Crippen LogP contribution < -0.4 is 16.6 Å². The summed E-state index contributed by atoms with van der Waals surface area (Å²) in [6.45, 7) is 0. The summed E-state index contributed by atoms with van der Waals surface area (Å²) in [5.74, 6) is -0.548. The molecule has 1 saturated carbocycles. The summed E-state index contributed by atoms with van der Waals surface area (Å²) in [7, 11) is 0. The molecule has 0 aliphatic heterocycles. The van der Waals surface area contributed by atoms with Crippen LogP contribution in [0.15, 0.2) is 28.0 Å². The van der Waals surface area contributed by atoms with Gasteiger partial charge in [0.25, 0.3) is 11.5 Å². The number of aromatic amines is 1. The molecule has 1 fully saturated rings. The molecule has 1 atom stereocenters. The first-order valence-corrected chi connectivity index (χ1v) is 9.17. The van der Waals surface area contributed by atoms with Gasteiger partial charge in [0, 0.05) is 12.1 Å². The second-order valence-electron chi connectivity index (χ2n) is 6.54. The van der Waals surface area contributed by atoms with Gasteiger partial charge in [-0.05, 0) is 18.9 Å². The van der Waals surface area contributed by atoms with Crippen LogP contribution >= 0.6 is 11.6 Å². The smallest absolute Gasteiger partial charge is 0.351 e. The van der Waals surface area contributed by atoms with Crippen LogP contribution in [0.25, 0.3) is 5.82 Å². The van der Waals surface area contributed by atoms with E-state index < -0.39 is 23.4 Å². The van der Waals surface area contributed by atoms with E-state index >= 15 is 0 Å². The molecular weight excluding hydrogens is 374 g/mol. The van der Waals surface area contributed by atoms with Crippen LogP contribution in [0.2, 0.25) is 5.02 Å². The van der Waals surface area contributed by atoms with E-state index in [1.54, 1.807) is 0 Å². The van der Waals surface area contributed by atoms with E-state index in [1.165, 1.54) is 12.3 Å². The fraction of sp³-hybridized carbons (Fsp3) is 0.471. The van der Waals surface area contributed by atoms with Crippen molar-refractivity contribution >= 4 is 17.5 Å². The zero-order valence-electron chi connectivity index (χ0n) is 14.5. The summed E-state index contributed by atoms with van der Waals surface area (Å²) in [6.07, 6.45) is 7.20. The normalized spacial score (nSPS) is 16.5. The predicted molar refractivity (Wildman–Crippen MR) is 97.9 cm³/mol. The number of hydrogen-bond acceptors (Lipinski definition) is 6. The number of carbonyl (C=O) groups is 1. The number of rotatable bonds is 4. The van der Waals surface area contributed by atoms with Gasteiger partial charge >= 0.3 is 5.69 Å². The zero-order valence-corrected chi connectivity index (χ0v) is 15.3. The van der Waals surface area contributed by atoms with E-state index in [2.05, 4.69) is 20.4 Å². The van der Waals surface area contributed by atoms with Gasteiger partial charge in [0.15, 0.2) is 5.82 Å². The van der Waals surface area contributed by atoms with E-state index in [0.29, 0.717) is 0 Å². The monoisotopic (exact) mass is 393 g/mol. The predicted octanol–water partition coefficient (Wildman–Crippen LogP) is 0.988. The van der Waals surface area contributed by atoms with Gasteiger partial charge in [0.1, 0.15) is 12.4 Å². The number of nitrogens with zero attached hydrogens (tertiary/aromatic N) is 3. The minimum absolute atomic E-state index is 0.0000165. The van der Waals surface area contributed by atoms with Crippen molar-refractivity contribution in [3.8, 4) is 5.82 Å². The highest BCUT2D eigenvalue weighted by Crippen LogP contribution is 2.25. The van der Waals surface area contributed by atoms with Crippen LogP contribution in [0, 0.1) is 5.92 Å². The van der Waals surface area contributed by atoms with Crippen molar-refractivity contribution in [1.82, 2.24) is 25.1 Å². The van der Waals surface area contributed by atoms with Crippen molar-refractivity contribution in [2.24, 2.45) is 5.92 Å². The summed E-state index contributed by atoms with van der Waals surface area (Å²) >= 11 is 6.07. The third-order valence-electron chi connectivity index (χ3n) is 4.64. The maximum atomic E-state index is 12.6. The Balaban J connectivity index is 1.82. The second-order valence-corrected chi connectivity index (χ2v) is 6.95. The molecule has 1 aliphatic rings. The number of pyridine rings is 1. The zero-order chi connectivity index (χ0) is 19.4. The molecule has 9 nitrogen and oxygen atoms in total. The Morgan fingerprint density at radius 1 is 1.26 bits per heavy atom. The molecule has 1 unspecified atom stereocenters. The molecule has 1 amide bonds. The van der Waals surface area contributed by atoms with Crippen LogP contribution in [0.5, 0.6) is 0 Å². The maximum Gasteiger partial charge on any atom is 0.351 e. The van der Waals surface area contributed by atoms with Gasteiger partial charge in [0.2, 0.25) is 0 Å². The van der Waals surface area contributed by atoms with Crippen molar-refractivity contribution in [2.75, 3.05) is 0 Å². The summed E-state index contributed by atoms with van der Waals surface area (Å²) in [5, 5.41) is 16.7. The Morgan fingerprint density at radius 2 is 1.96 bits per heavy atom. The average molecular weight is 394 g/mol. The Bertz CT molecular complexity index is 933. The van der Waals surface area contributed by atoms with Crippen LogP contribution in [-0.2, 0) is 0 Å². The average Bonchev–Trinajstić information content (AvgIpc) is 2.92. The summed E-state index contributed by atoms with van der Waals surface area (Å²) in [4.78, 5) is 41.6. The SMILES string of the molecule is O=C(NC(O)C1CCCCCC1)c1cc(-n2ncc(=O)[nH]c2=O)ncc1Cl. The highest BCUT2D eigenvalue weighted by atomic mass is 35.5. The highest BCUT2D eigenvalue weighted by Gasteiger charge is 2.24. The number of halogens is 1. The van der Waals surface area contributed by atoms with Crippen LogP contribution in [0.1, 0.15) is 48.9 Å². The topological polar surface area (TPSA) is 130 Å². The number of aliphatic hydroxyl groups is 1. The Hall–Kier alpha value is -2.52. The quantitative estimate of drug-likeness (QED) is 0.524. The standard InChI is InChI=1S/C17H20ClN5O4/c18-12-8-19-13(23-17(27)21-14(24)9-20-23)7-11(12)16(26)22-15(25)10-5-3-1-2-4-6-10/h7-10,15,25H,1-6H2,(H,22,26)(H,21,24,27). The maximum absolute atomic E-state index is 12.6. The van der Waals surface area contributed by atoms with Gasteiger partial charge in [0.05, 0.1) is 10.6 Å². The van der Waals surface area contributed by atoms with Gasteiger partial charge in [-0.3, -0.25) is 14.6 Å². The molecule has 3 rings (SSSR count). The molecular formula is C17H20ClN5O4. The number of amides is 1. The molecule has 0 spiro atoms. The fourth-order valence-corrected chi connectivity index (χ4v) is 3.38. The highest BCUT2D eigenvalue weighted by molar-refractivity contribution is 6.33. The van der Waals surface area contributed by atoms with Crippen LogP contribution in [-0.4, -0.2) is 37.0 Å². The second kappa shape index (κ2) is 8.45. The van der Waals surface area contributed by atoms with Gasteiger partial charge in [-0.25, -0.2) is 9.78 Å². The van der Waals surface area contributed by atoms with Crippen LogP contribution in [0.3, 0.4) is 0 Å². The molecule has 0 bridgehead atoms. The summed E-state index contributed by atoms with van der Waals surface area (Å²) in [5.41, 5.74) is -1.38. The molecule has 1 aliphatic carbocycles. The Labute approximate surface area is 159 Å². The Kier molecular flexibility index (Phi) is 6.02. The summed E-state index contributed by atoms with van der Waals surface area (Å²) in [6, 6.07) is 1.28. The van der Waals surface area contributed by atoms with E-state index in [9.17, 15) is 19.5 Å². The number of aromatic nitrogens is 4. The van der Waals surface area contributed by atoms with E-state index in [4.69, 9.17) is 11.6 Å². The first kappa shape index (κ1) is 19.2. The lowest BCUT2D eigenvalue weighted by Crippen LogP contribution is -2.40. The van der Waals surface area contributed by atoms with Crippen molar-refractivity contribution < 1.29 is 9.90 Å². The lowest BCUT2D eigenvalue weighted by atomic mass is 9.98. The molecule has 27 heavy (non-hydrogen) atoms. The van der Waals surface area contributed by atoms with Gasteiger partial charge < -0.3 is 10.4 Å². The Morgan fingerprint density at radius 3 is 2.63 bits per heavy atom. The first-order valence-electron chi connectivity index (χ1n) is 8.79. The van der Waals surface area contributed by atoms with Gasteiger partial charge in [-0.1, -0.05) is 37.3 Å². The van der Waals surface area contributed by atoms with E-state index in [0.717, 1.165) is 49.4 Å². The van der Waals surface area contributed by atoms with E-state index in [1.807, 2.05) is 0 Å². The minimum atomic E-state index is -0.975. The van der Waals surface area contributed by atoms with Crippen molar-refractivity contribution in [2.45, 2.75) is 44.8 Å². The molecule has 0 radical (unpaired) electrons. The third-order valence-corrected chi connectivity index (χ3v) is 4.94. The molecule has 10 heteroatoms. The molecule has 0 saturated heterocycles. The largest absolute Gasteiger partial charge is 0.373 e. The number of aliphatic hydroxyl groups excluding tert-OH is 1. The van der Waals surface area contributed by atoms with Crippen molar-refractivity contribution in [3.63, 3.8) is 0 Å². The summed E-state index contributed by atoms with van der Waals surface area (Å²) < 4.78 is 0.843. The minimum Gasteiger partial charge on any atom is -0.373 e. The fourth-order valence-electron chi connectivity index (χ4n) is 3.19. The van der Waals surface area contributed by atoms with Gasteiger partial charge in [-0.15, -0.1) is 0 Å². The number of H-pyrrole nitrogens is 1. The van der Waals surface area contributed by atoms with Crippen molar-refractivity contribution in [1.29, 1.82) is 0 Å². The number of carbonyl (C=O) groups excluding carboxylic acids is 1. The molecule has 2 aromatic heterocycles.